The molecule has 1 aromatic rings. The summed E-state index contributed by atoms with van der Waals surface area (Å²) in [5.41, 5.74) is 1.60. The second-order valence-corrected chi connectivity index (χ2v) is 4.21. The molecule has 1 atom stereocenters. The molecule has 0 amide bonds. The lowest BCUT2D eigenvalue weighted by Crippen LogP contribution is -2.20. The minimum atomic E-state index is 0.266. The van der Waals surface area contributed by atoms with Gasteiger partial charge in [-0.05, 0) is 36.0 Å². The highest BCUT2D eigenvalue weighted by atomic mass is 16.3. The predicted octanol–water partition coefficient (Wildman–Crippen LogP) is 3.86. The van der Waals surface area contributed by atoms with Crippen molar-refractivity contribution in [1.29, 1.82) is 0 Å². The van der Waals surface area contributed by atoms with Crippen LogP contribution < -0.4 is 0 Å². The molecule has 0 saturated carbocycles. The summed E-state index contributed by atoms with van der Waals surface area (Å²) in [7, 11) is 0. The van der Waals surface area contributed by atoms with Crippen LogP contribution in [-0.4, -0.2) is 5.11 Å². The first kappa shape index (κ1) is 11.1. The third kappa shape index (κ3) is 2.28. The molecule has 0 aliphatic heterocycles. The Bertz CT molecular complexity index is 276. The van der Waals surface area contributed by atoms with E-state index in [-0.39, 0.29) is 5.41 Å². The average molecular weight is 192 g/mol. The maximum atomic E-state index is 9.23. The van der Waals surface area contributed by atoms with Crippen LogP contribution in [0.25, 0.3) is 0 Å². The summed E-state index contributed by atoms with van der Waals surface area (Å²) in [4.78, 5) is 0. The molecule has 0 aliphatic carbocycles. The van der Waals surface area contributed by atoms with Gasteiger partial charge in [0.2, 0.25) is 0 Å². The van der Waals surface area contributed by atoms with E-state index in [1.807, 2.05) is 12.1 Å². The largest absolute Gasteiger partial charge is 0.508 e. The molecule has 0 fully saturated rings. The third-order valence-corrected chi connectivity index (χ3v) is 3.15. The first-order valence-electron chi connectivity index (χ1n) is 5.42. The molecular formula is C13H20O. The number of rotatable bonds is 4. The maximum absolute atomic E-state index is 9.23. The van der Waals surface area contributed by atoms with Crippen molar-refractivity contribution in [3.05, 3.63) is 29.8 Å². The van der Waals surface area contributed by atoms with Crippen LogP contribution in [0.3, 0.4) is 0 Å². The van der Waals surface area contributed by atoms with E-state index >= 15 is 0 Å². The van der Waals surface area contributed by atoms with Crippen LogP contribution in [0.1, 0.15) is 45.6 Å². The Balaban J connectivity index is 2.94. The number of phenolic OH excluding ortho intramolecular Hbond substituents is 1. The highest BCUT2D eigenvalue weighted by Gasteiger charge is 2.22. The quantitative estimate of drug-likeness (QED) is 0.768. The van der Waals surface area contributed by atoms with E-state index in [0.29, 0.717) is 5.75 Å². The number of phenols is 1. The lowest BCUT2D eigenvalue weighted by molar-refractivity contribution is 0.412. The standard InChI is InChI=1S/C13H20O/c1-4-10-13(3,5-2)11-6-8-12(14)9-7-11/h6-9,14H,4-5,10H2,1-3H3/t13-/m1/s1. The number of hydrogen-bond donors (Lipinski definition) is 1. The summed E-state index contributed by atoms with van der Waals surface area (Å²) in [6, 6.07) is 7.63. The Labute approximate surface area is 86.8 Å². The molecule has 0 bridgehead atoms. The molecule has 0 aliphatic rings. The highest BCUT2D eigenvalue weighted by Crippen LogP contribution is 2.32. The molecular weight excluding hydrogens is 172 g/mol. The topological polar surface area (TPSA) is 20.2 Å². The van der Waals surface area contributed by atoms with Crippen LogP contribution in [0.4, 0.5) is 0 Å². The molecule has 1 aromatic carbocycles. The van der Waals surface area contributed by atoms with Gasteiger partial charge in [0.25, 0.3) is 0 Å². The Kier molecular flexibility index (Phi) is 3.56. The third-order valence-electron chi connectivity index (χ3n) is 3.15. The van der Waals surface area contributed by atoms with Gasteiger partial charge in [0.15, 0.2) is 0 Å². The zero-order valence-electron chi connectivity index (χ0n) is 9.38. The predicted molar refractivity (Wildman–Crippen MR) is 60.7 cm³/mol. The van der Waals surface area contributed by atoms with Crippen molar-refractivity contribution in [1.82, 2.24) is 0 Å². The molecule has 0 aromatic heterocycles. The van der Waals surface area contributed by atoms with Crippen molar-refractivity contribution in [2.45, 2.75) is 45.4 Å². The van der Waals surface area contributed by atoms with Crippen LogP contribution in [0.15, 0.2) is 24.3 Å². The van der Waals surface area contributed by atoms with E-state index in [1.54, 1.807) is 12.1 Å². The molecule has 78 valence electrons. The van der Waals surface area contributed by atoms with Gasteiger partial charge in [-0.25, -0.2) is 0 Å². The minimum absolute atomic E-state index is 0.266. The SMILES string of the molecule is CCC[C@@](C)(CC)c1ccc(O)cc1. The fraction of sp³-hybridized carbons (Fsp3) is 0.538. The minimum Gasteiger partial charge on any atom is -0.508 e. The van der Waals surface area contributed by atoms with Crippen molar-refractivity contribution >= 4 is 0 Å². The molecule has 0 radical (unpaired) electrons. The van der Waals surface area contributed by atoms with Crippen LogP contribution in [0, 0.1) is 0 Å². The number of benzene rings is 1. The van der Waals surface area contributed by atoms with E-state index in [1.165, 1.54) is 18.4 Å². The smallest absolute Gasteiger partial charge is 0.115 e. The molecule has 1 rings (SSSR count). The summed E-state index contributed by atoms with van der Waals surface area (Å²) in [5, 5.41) is 9.23. The summed E-state index contributed by atoms with van der Waals surface area (Å²) in [6.45, 7) is 6.74. The van der Waals surface area contributed by atoms with Gasteiger partial charge in [-0.2, -0.15) is 0 Å². The number of hydrogen-bond acceptors (Lipinski definition) is 1. The Hall–Kier alpha value is -0.980. The average Bonchev–Trinajstić information content (AvgIpc) is 2.19. The molecule has 14 heavy (non-hydrogen) atoms. The normalized spacial score (nSPS) is 15.1. The van der Waals surface area contributed by atoms with Gasteiger partial charge in [-0.3, -0.25) is 0 Å². The summed E-state index contributed by atoms with van der Waals surface area (Å²) < 4.78 is 0. The maximum Gasteiger partial charge on any atom is 0.115 e. The lowest BCUT2D eigenvalue weighted by Gasteiger charge is -2.28. The molecule has 1 heteroatoms. The van der Waals surface area contributed by atoms with Gasteiger partial charge in [-0.1, -0.05) is 39.3 Å². The second-order valence-electron chi connectivity index (χ2n) is 4.21. The van der Waals surface area contributed by atoms with Crippen LogP contribution in [0.2, 0.25) is 0 Å². The van der Waals surface area contributed by atoms with Crippen LogP contribution in [0.5, 0.6) is 5.75 Å². The van der Waals surface area contributed by atoms with Crippen LogP contribution >= 0.6 is 0 Å². The molecule has 0 spiro atoms. The van der Waals surface area contributed by atoms with Gasteiger partial charge in [0, 0.05) is 0 Å². The van der Waals surface area contributed by atoms with Gasteiger partial charge < -0.3 is 5.11 Å². The first-order chi connectivity index (χ1) is 6.62. The van der Waals surface area contributed by atoms with Crippen molar-refractivity contribution in [2.75, 3.05) is 0 Å². The zero-order valence-corrected chi connectivity index (χ0v) is 9.38. The zero-order chi connectivity index (χ0) is 10.6. The Morgan fingerprint density at radius 2 is 1.71 bits per heavy atom. The molecule has 0 unspecified atom stereocenters. The fourth-order valence-corrected chi connectivity index (χ4v) is 1.94. The van der Waals surface area contributed by atoms with Crippen molar-refractivity contribution in [3.63, 3.8) is 0 Å². The van der Waals surface area contributed by atoms with Crippen molar-refractivity contribution in [2.24, 2.45) is 0 Å². The van der Waals surface area contributed by atoms with Gasteiger partial charge in [0.05, 0.1) is 0 Å². The molecule has 1 nitrogen and oxygen atoms in total. The van der Waals surface area contributed by atoms with Crippen LogP contribution in [-0.2, 0) is 5.41 Å². The molecule has 0 saturated heterocycles. The monoisotopic (exact) mass is 192 g/mol. The molecule has 1 N–H and O–H groups in total. The van der Waals surface area contributed by atoms with E-state index in [9.17, 15) is 5.11 Å². The Morgan fingerprint density at radius 3 is 2.14 bits per heavy atom. The summed E-state index contributed by atoms with van der Waals surface area (Å²) in [6.07, 6.45) is 3.55. The van der Waals surface area contributed by atoms with Crippen molar-refractivity contribution in [3.8, 4) is 5.75 Å². The first-order valence-corrected chi connectivity index (χ1v) is 5.42. The lowest BCUT2D eigenvalue weighted by atomic mass is 9.76. The molecule has 0 heterocycles. The fourth-order valence-electron chi connectivity index (χ4n) is 1.94. The Morgan fingerprint density at radius 1 is 1.14 bits per heavy atom. The van der Waals surface area contributed by atoms with E-state index < -0.39 is 0 Å². The number of aromatic hydroxyl groups is 1. The van der Waals surface area contributed by atoms with E-state index in [0.717, 1.165) is 6.42 Å². The second kappa shape index (κ2) is 4.50. The van der Waals surface area contributed by atoms with Gasteiger partial charge in [0.1, 0.15) is 5.75 Å². The van der Waals surface area contributed by atoms with Gasteiger partial charge >= 0.3 is 0 Å². The van der Waals surface area contributed by atoms with Gasteiger partial charge in [-0.15, -0.1) is 0 Å². The van der Waals surface area contributed by atoms with Crippen molar-refractivity contribution < 1.29 is 5.11 Å². The summed E-state index contributed by atoms with van der Waals surface area (Å²) >= 11 is 0. The summed E-state index contributed by atoms with van der Waals surface area (Å²) in [5.74, 6) is 0.351. The highest BCUT2D eigenvalue weighted by molar-refractivity contribution is 5.31. The van der Waals surface area contributed by atoms with E-state index in [4.69, 9.17) is 0 Å². The van der Waals surface area contributed by atoms with E-state index in [2.05, 4.69) is 20.8 Å².